The Labute approximate surface area is 407 Å². The van der Waals surface area contributed by atoms with Crippen LogP contribution in [-0.4, -0.2) is 160 Å². The molecule has 9 N–H and O–H groups in total. The van der Waals surface area contributed by atoms with E-state index in [1.807, 2.05) is 0 Å². The molecular formula is C47H84N6O16. The van der Waals surface area contributed by atoms with Crippen molar-refractivity contribution >= 4 is 53.4 Å². The van der Waals surface area contributed by atoms with Crippen LogP contribution in [0.5, 0.6) is 0 Å². The second-order valence-corrected chi connectivity index (χ2v) is 16.8. The molecule has 0 aliphatic rings. The third kappa shape index (κ3) is 45.3. The second kappa shape index (κ2) is 45.5. The zero-order chi connectivity index (χ0) is 51.2. The van der Waals surface area contributed by atoms with E-state index < -0.39 is 35.8 Å². The largest absolute Gasteiger partial charge is 0.481 e. The number of amides is 6. The lowest BCUT2D eigenvalue weighted by Crippen LogP contribution is -2.41. The number of carbonyl (C=O) groups is 9. The highest BCUT2D eigenvalue weighted by Gasteiger charge is 2.21. The van der Waals surface area contributed by atoms with Crippen molar-refractivity contribution in [1.29, 1.82) is 0 Å². The maximum Gasteiger partial charge on any atom is 0.326 e. The van der Waals surface area contributed by atoms with Crippen LogP contribution in [0.15, 0.2) is 0 Å². The van der Waals surface area contributed by atoms with Crippen molar-refractivity contribution in [3.8, 4) is 0 Å². The Morgan fingerprint density at radius 2 is 0.797 bits per heavy atom. The highest BCUT2D eigenvalue weighted by atomic mass is 16.5. The minimum atomic E-state index is -1.19. The molecule has 0 rings (SSSR count). The molecule has 0 aliphatic heterocycles. The van der Waals surface area contributed by atoms with E-state index in [1.54, 1.807) is 0 Å². The first-order valence-electron chi connectivity index (χ1n) is 24.8. The molecule has 69 heavy (non-hydrogen) atoms. The fourth-order valence-corrected chi connectivity index (χ4v) is 6.64. The number of aliphatic carboxylic acids is 3. The Hall–Kier alpha value is -4.93. The molecule has 398 valence electrons. The Morgan fingerprint density at radius 1 is 0.391 bits per heavy atom. The van der Waals surface area contributed by atoms with E-state index in [0.717, 1.165) is 38.5 Å². The number of unbranched alkanes of at least 4 members (excludes halogenated alkanes) is 15. The topological polar surface area (TPSA) is 323 Å². The highest BCUT2D eigenvalue weighted by Crippen LogP contribution is 2.14. The van der Waals surface area contributed by atoms with Crippen LogP contribution < -0.4 is 31.9 Å². The van der Waals surface area contributed by atoms with Gasteiger partial charge >= 0.3 is 17.9 Å². The summed E-state index contributed by atoms with van der Waals surface area (Å²) in [5.74, 6) is -5.93. The minimum Gasteiger partial charge on any atom is -0.481 e. The number of hydrogen-bond donors (Lipinski definition) is 9. The molecule has 0 saturated heterocycles. The highest BCUT2D eigenvalue weighted by molar-refractivity contribution is 5.85. The first-order valence-corrected chi connectivity index (χ1v) is 24.8. The molecule has 0 heterocycles. The molecule has 6 amide bonds. The molecule has 0 aromatic rings. The van der Waals surface area contributed by atoms with E-state index in [9.17, 15) is 48.3 Å². The van der Waals surface area contributed by atoms with Crippen LogP contribution in [0.3, 0.4) is 0 Å². The predicted molar refractivity (Wildman–Crippen MR) is 254 cm³/mol. The molecule has 0 aromatic heterocycles. The summed E-state index contributed by atoms with van der Waals surface area (Å²) in [7, 11) is 0. The summed E-state index contributed by atoms with van der Waals surface area (Å²) in [5.41, 5.74) is 0. The maximum atomic E-state index is 12.4. The molecule has 0 bridgehead atoms. The average molecular weight is 989 g/mol. The van der Waals surface area contributed by atoms with Gasteiger partial charge in [-0.1, -0.05) is 96.8 Å². The predicted octanol–water partition coefficient (Wildman–Crippen LogP) is 2.59. The van der Waals surface area contributed by atoms with Crippen LogP contribution in [-0.2, 0) is 62.1 Å². The number of carbonyl (C=O) groups excluding carboxylic acids is 6. The molecule has 0 aliphatic carbocycles. The van der Waals surface area contributed by atoms with Gasteiger partial charge in [-0.15, -0.1) is 0 Å². The maximum absolute atomic E-state index is 12.4. The zero-order valence-electron chi connectivity index (χ0n) is 41.1. The van der Waals surface area contributed by atoms with E-state index in [0.29, 0.717) is 6.42 Å². The molecular weight excluding hydrogens is 905 g/mol. The molecule has 22 heteroatoms. The lowest BCUT2D eigenvalue weighted by Gasteiger charge is -2.14. The number of rotatable bonds is 49. The van der Waals surface area contributed by atoms with Gasteiger partial charge in [0.25, 0.3) is 0 Å². The molecule has 0 fully saturated rings. The summed E-state index contributed by atoms with van der Waals surface area (Å²) < 4.78 is 21.3. The van der Waals surface area contributed by atoms with Gasteiger partial charge in [0.1, 0.15) is 19.3 Å². The summed E-state index contributed by atoms with van der Waals surface area (Å²) in [6, 6.07) is -1.15. The summed E-state index contributed by atoms with van der Waals surface area (Å²) in [5, 5.41) is 42.4. The summed E-state index contributed by atoms with van der Waals surface area (Å²) in [4.78, 5) is 105. The van der Waals surface area contributed by atoms with E-state index >= 15 is 0 Å². The van der Waals surface area contributed by atoms with Gasteiger partial charge in [0, 0.05) is 64.3 Å². The first-order chi connectivity index (χ1) is 33.2. The van der Waals surface area contributed by atoms with Crippen molar-refractivity contribution in [2.24, 2.45) is 5.92 Å². The normalized spacial score (nSPS) is 11.8. The smallest absolute Gasteiger partial charge is 0.326 e. The van der Waals surface area contributed by atoms with Gasteiger partial charge in [-0.3, -0.25) is 38.4 Å². The number of carboxylic acid groups (broad SMARTS) is 3. The Kier molecular flexibility index (Phi) is 42.3. The van der Waals surface area contributed by atoms with Crippen molar-refractivity contribution in [3.05, 3.63) is 0 Å². The van der Waals surface area contributed by atoms with Gasteiger partial charge in [0.15, 0.2) is 0 Å². The minimum absolute atomic E-state index is 0.00478. The molecule has 2 unspecified atom stereocenters. The van der Waals surface area contributed by atoms with E-state index in [2.05, 4.69) is 31.9 Å². The third-order valence-corrected chi connectivity index (χ3v) is 10.5. The SMILES string of the molecule is CC(CC(=O)O)C(=O)NCCC(=O)NCCNC(=O)COCCOCCNC(=O)COCCOCCNC(=O)CCC(NC(=O)CCCCCCCCCCCCCCCCCCC(=O)O)C(=O)O. The summed E-state index contributed by atoms with van der Waals surface area (Å²) >= 11 is 0. The van der Waals surface area contributed by atoms with Gasteiger partial charge < -0.3 is 66.2 Å². The van der Waals surface area contributed by atoms with Crippen LogP contribution in [0.25, 0.3) is 0 Å². The summed E-state index contributed by atoms with van der Waals surface area (Å²) in [6.07, 6.45) is 17.8. The second-order valence-electron chi connectivity index (χ2n) is 16.8. The van der Waals surface area contributed by atoms with E-state index in [4.69, 9.17) is 29.2 Å². The van der Waals surface area contributed by atoms with Crippen molar-refractivity contribution in [3.63, 3.8) is 0 Å². The van der Waals surface area contributed by atoms with Gasteiger partial charge in [0.2, 0.25) is 35.4 Å². The average Bonchev–Trinajstić information content (AvgIpc) is 3.29. The number of hydrogen-bond acceptors (Lipinski definition) is 13. The van der Waals surface area contributed by atoms with Crippen molar-refractivity contribution in [1.82, 2.24) is 31.9 Å². The van der Waals surface area contributed by atoms with Crippen molar-refractivity contribution in [2.45, 2.75) is 154 Å². The van der Waals surface area contributed by atoms with Crippen LogP contribution in [0, 0.1) is 5.92 Å². The number of ether oxygens (including phenoxy) is 4. The molecule has 22 nitrogen and oxygen atoms in total. The monoisotopic (exact) mass is 989 g/mol. The van der Waals surface area contributed by atoms with Crippen LogP contribution in [0.4, 0.5) is 0 Å². The van der Waals surface area contributed by atoms with Crippen molar-refractivity contribution in [2.75, 3.05) is 85.6 Å². The van der Waals surface area contributed by atoms with Crippen LogP contribution in [0.2, 0.25) is 0 Å². The third-order valence-electron chi connectivity index (χ3n) is 10.5. The molecule has 0 saturated carbocycles. The quantitative estimate of drug-likeness (QED) is 0.0396. The molecule has 2 atom stereocenters. The fraction of sp³-hybridized carbons (Fsp3) is 0.809. The van der Waals surface area contributed by atoms with Gasteiger partial charge in [-0.2, -0.15) is 0 Å². The van der Waals surface area contributed by atoms with E-state index in [-0.39, 0.29) is 154 Å². The first kappa shape index (κ1) is 64.1. The standard InChI is InChI=1S/C47H84N6O16/c1-37(34-45(61)62)46(63)52-23-22-40(55)48-24-25-49-42(57)35-68-32-31-67-29-27-51-43(58)36-69-33-30-66-28-26-50-39(54)21-20-38(47(64)65)53-41(56)18-16-14-12-10-8-6-4-2-3-5-7-9-11-13-15-17-19-44(59)60/h37-38H,2-36H2,1H3,(H,48,55)(H,49,57)(H,50,54)(H,51,58)(H,52,63)(H,53,56)(H,59,60)(H,61,62)(H,64,65). The molecule has 0 aromatic carbocycles. The van der Waals surface area contributed by atoms with Gasteiger partial charge in [-0.05, 0) is 19.3 Å². The Bertz CT molecular complexity index is 1450. The van der Waals surface area contributed by atoms with Crippen LogP contribution >= 0.6 is 0 Å². The number of carboxylic acids is 3. The molecule has 0 spiro atoms. The Morgan fingerprint density at radius 3 is 1.26 bits per heavy atom. The van der Waals surface area contributed by atoms with E-state index in [1.165, 1.54) is 64.7 Å². The van der Waals surface area contributed by atoms with Crippen LogP contribution in [0.1, 0.15) is 148 Å². The Balaban J connectivity index is 3.66. The lowest BCUT2D eigenvalue weighted by molar-refractivity contribution is -0.142. The number of nitrogens with one attached hydrogen (secondary N) is 6. The fourth-order valence-electron chi connectivity index (χ4n) is 6.64. The van der Waals surface area contributed by atoms with Gasteiger partial charge in [0.05, 0.1) is 46.1 Å². The van der Waals surface area contributed by atoms with Gasteiger partial charge in [-0.25, -0.2) is 4.79 Å². The molecule has 0 radical (unpaired) electrons. The van der Waals surface area contributed by atoms with Crippen molar-refractivity contribution < 1.29 is 77.4 Å². The summed E-state index contributed by atoms with van der Waals surface area (Å²) in [6.45, 7) is 2.93. The lowest BCUT2D eigenvalue weighted by atomic mass is 10.0. The zero-order valence-corrected chi connectivity index (χ0v) is 41.1.